The first kappa shape index (κ1) is 24.8. The lowest BCUT2D eigenvalue weighted by Crippen LogP contribution is -2.27. The number of amides is 1. The molecule has 0 fully saturated rings. The molecule has 2 aromatic rings. The summed E-state index contributed by atoms with van der Waals surface area (Å²) in [6.45, 7) is 8.20. The molecule has 1 heterocycles. The fraction of sp³-hybridized carbons (Fsp3) is 0.385. The maximum Gasteiger partial charge on any atom is 0.310 e. The van der Waals surface area contributed by atoms with Gasteiger partial charge < -0.3 is 10.1 Å². The highest BCUT2D eigenvalue weighted by molar-refractivity contribution is 9.10. The minimum Gasteiger partial charge on any atom is -0.430 e. The number of nitrogens with one attached hydrogen (secondary N) is 1. The van der Waals surface area contributed by atoms with Gasteiger partial charge in [0.2, 0.25) is 0 Å². The van der Waals surface area contributed by atoms with E-state index in [1.54, 1.807) is 18.3 Å². The van der Waals surface area contributed by atoms with Crippen molar-refractivity contribution in [1.29, 1.82) is 0 Å². The highest BCUT2D eigenvalue weighted by atomic mass is 79.9. The number of aromatic nitrogens is 1. The summed E-state index contributed by atoms with van der Waals surface area (Å²) in [5.74, 6) is -0.570. The van der Waals surface area contributed by atoms with E-state index in [0.717, 1.165) is 26.7 Å². The molecule has 3 rings (SSSR count). The van der Waals surface area contributed by atoms with Gasteiger partial charge in [0, 0.05) is 36.0 Å². The standard InChI is InChI=1S/C26H29BrN2O4/c1-5-6-22(30)33-21-13-18(9-10-28-26(32)20-8-7-19(27)14-29-20)25(31)24(21)23-16(3)11-15(2)12-17(23)4/h7-8,11-12,14,18H,5-6,9-10,13H2,1-4H3,(H,28,32). The second kappa shape index (κ2) is 10.9. The van der Waals surface area contributed by atoms with Crippen molar-refractivity contribution in [2.24, 2.45) is 5.92 Å². The number of benzene rings is 1. The van der Waals surface area contributed by atoms with Crippen molar-refractivity contribution in [2.75, 3.05) is 6.54 Å². The Labute approximate surface area is 203 Å². The number of nitrogens with zero attached hydrogens (tertiary/aromatic N) is 1. The Morgan fingerprint density at radius 1 is 1.18 bits per heavy atom. The Balaban J connectivity index is 1.77. The summed E-state index contributed by atoms with van der Waals surface area (Å²) in [5.41, 5.74) is 4.74. The molecule has 1 atom stereocenters. The van der Waals surface area contributed by atoms with Crippen LogP contribution in [0.3, 0.4) is 0 Å². The molecule has 1 N–H and O–H groups in total. The SMILES string of the molecule is CCCC(=O)OC1=C(c2c(C)cc(C)cc2C)C(=O)C(CCNC(=O)c2ccc(Br)cn2)C1. The van der Waals surface area contributed by atoms with Gasteiger partial charge in [-0.15, -0.1) is 0 Å². The molecular weight excluding hydrogens is 484 g/mol. The molecule has 1 aliphatic carbocycles. The molecule has 33 heavy (non-hydrogen) atoms. The lowest BCUT2D eigenvalue weighted by Gasteiger charge is -2.14. The zero-order valence-electron chi connectivity index (χ0n) is 19.5. The van der Waals surface area contributed by atoms with Crippen LogP contribution in [0, 0.1) is 26.7 Å². The second-order valence-electron chi connectivity index (χ2n) is 8.47. The number of aryl methyl sites for hydroxylation is 3. The molecule has 0 saturated heterocycles. The predicted molar refractivity (Wildman–Crippen MR) is 131 cm³/mol. The van der Waals surface area contributed by atoms with Crippen molar-refractivity contribution in [1.82, 2.24) is 10.3 Å². The van der Waals surface area contributed by atoms with Gasteiger partial charge >= 0.3 is 5.97 Å². The van der Waals surface area contributed by atoms with Gasteiger partial charge in [-0.1, -0.05) is 24.6 Å². The first-order valence-corrected chi connectivity index (χ1v) is 12.0. The molecule has 0 spiro atoms. The van der Waals surface area contributed by atoms with E-state index in [-0.39, 0.29) is 23.6 Å². The van der Waals surface area contributed by atoms with Crippen LogP contribution in [0.2, 0.25) is 0 Å². The summed E-state index contributed by atoms with van der Waals surface area (Å²) < 4.78 is 6.48. The Kier molecular flexibility index (Phi) is 8.19. The summed E-state index contributed by atoms with van der Waals surface area (Å²) in [6, 6.07) is 7.45. The Morgan fingerprint density at radius 2 is 1.88 bits per heavy atom. The lowest BCUT2D eigenvalue weighted by atomic mass is 9.90. The molecule has 1 unspecified atom stereocenters. The number of ketones is 1. The van der Waals surface area contributed by atoms with E-state index in [0.29, 0.717) is 49.3 Å². The quantitative estimate of drug-likeness (QED) is 0.489. The van der Waals surface area contributed by atoms with Gasteiger partial charge in [-0.3, -0.25) is 14.4 Å². The van der Waals surface area contributed by atoms with E-state index in [1.807, 2.05) is 39.8 Å². The number of ether oxygens (including phenoxy) is 1. The minimum atomic E-state index is -0.359. The van der Waals surface area contributed by atoms with Crippen LogP contribution in [0.4, 0.5) is 0 Å². The summed E-state index contributed by atoms with van der Waals surface area (Å²) in [7, 11) is 0. The number of rotatable bonds is 8. The topological polar surface area (TPSA) is 85.4 Å². The van der Waals surface area contributed by atoms with Gasteiger partial charge in [0.15, 0.2) is 5.78 Å². The van der Waals surface area contributed by atoms with Crippen molar-refractivity contribution >= 4 is 39.2 Å². The van der Waals surface area contributed by atoms with Crippen LogP contribution in [0.15, 0.2) is 40.7 Å². The summed E-state index contributed by atoms with van der Waals surface area (Å²) in [6.07, 6.45) is 3.34. The van der Waals surface area contributed by atoms with Crippen molar-refractivity contribution in [3.63, 3.8) is 0 Å². The third-order valence-electron chi connectivity index (χ3n) is 5.68. The van der Waals surface area contributed by atoms with Crippen LogP contribution in [-0.4, -0.2) is 29.2 Å². The van der Waals surface area contributed by atoms with Crippen molar-refractivity contribution in [2.45, 2.75) is 53.4 Å². The van der Waals surface area contributed by atoms with E-state index in [4.69, 9.17) is 4.74 Å². The number of esters is 1. The fourth-order valence-corrected chi connectivity index (χ4v) is 4.51. The third kappa shape index (κ3) is 5.96. The summed E-state index contributed by atoms with van der Waals surface area (Å²) in [5, 5.41) is 2.83. The van der Waals surface area contributed by atoms with Crippen LogP contribution in [0.1, 0.15) is 65.3 Å². The zero-order chi connectivity index (χ0) is 24.1. The predicted octanol–water partition coefficient (Wildman–Crippen LogP) is 5.23. The van der Waals surface area contributed by atoms with E-state index in [9.17, 15) is 14.4 Å². The van der Waals surface area contributed by atoms with Crippen LogP contribution in [0.25, 0.3) is 5.57 Å². The number of hydrogen-bond acceptors (Lipinski definition) is 5. The number of halogens is 1. The van der Waals surface area contributed by atoms with Gasteiger partial charge in [0.1, 0.15) is 11.5 Å². The molecule has 0 bridgehead atoms. The van der Waals surface area contributed by atoms with Crippen LogP contribution in [0.5, 0.6) is 0 Å². The minimum absolute atomic E-state index is 0.0413. The van der Waals surface area contributed by atoms with Crippen LogP contribution in [-0.2, 0) is 14.3 Å². The van der Waals surface area contributed by atoms with Gasteiger partial charge in [0.25, 0.3) is 5.91 Å². The molecule has 7 heteroatoms. The molecule has 1 amide bonds. The number of Topliss-reactive ketones (excluding diaryl/α,β-unsaturated/α-hetero) is 1. The van der Waals surface area contributed by atoms with Crippen LogP contribution < -0.4 is 5.32 Å². The summed E-state index contributed by atoms with van der Waals surface area (Å²) in [4.78, 5) is 42.2. The lowest BCUT2D eigenvalue weighted by molar-refractivity contribution is -0.139. The van der Waals surface area contributed by atoms with E-state index < -0.39 is 0 Å². The zero-order valence-corrected chi connectivity index (χ0v) is 21.0. The fourth-order valence-electron chi connectivity index (χ4n) is 4.28. The first-order valence-electron chi connectivity index (χ1n) is 11.2. The molecule has 1 aliphatic rings. The Morgan fingerprint density at radius 3 is 2.48 bits per heavy atom. The van der Waals surface area contributed by atoms with Gasteiger partial charge in [-0.05, 0) is 78.4 Å². The largest absolute Gasteiger partial charge is 0.430 e. The Hall–Kier alpha value is -2.80. The molecule has 174 valence electrons. The molecular formula is C26H29BrN2O4. The third-order valence-corrected chi connectivity index (χ3v) is 6.15. The number of pyridine rings is 1. The number of carbonyl (C=O) groups is 3. The second-order valence-corrected chi connectivity index (χ2v) is 9.38. The average Bonchev–Trinajstić information content (AvgIpc) is 3.03. The summed E-state index contributed by atoms with van der Waals surface area (Å²) >= 11 is 3.30. The maximum atomic E-state index is 13.4. The number of carbonyl (C=O) groups excluding carboxylic acids is 3. The first-order chi connectivity index (χ1) is 15.7. The molecule has 6 nitrogen and oxygen atoms in total. The normalized spacial score (nSPS) is 15.7. The van der Waals surface area contributed by atoms with Gasteiger partial charge in [0.05, 0.1) is 5.57 Å². The van der Waals surface area contributed by atoms with Gasteiger partial charge in [-0.25, -0.2) is 4.98 Å². The van der Waals surface area contributed by atoms with Crippen molar-refractivity contribution < 1.29 is 19.1 Å². The van der Waals surface area contributed by atoms with Crippen molar-refractivity contribution in [3.8, 4) is 0 Å². The molecule has 0 saturated carbocycles. The molecule has 0 aliphatic heterocycles. The Bertz CT molecular complexity index is 1080. The monoisotopic (exact) mass is 512 g/mol. The number of allylic oxidation sites excluding steroid dienone is 2. The molecule has 1 aromatic carbocycles. The highest BCUT2D eigenvalue weighted by Gasteiger charge is 2.37. The molecule has 0 radical (unpaired) electrons. The van der Waals surface area contributed by atoms with Crippen molar-refractivity contribution in [3.05, 3.63) is 68.6 Å². The molecule has 1 aromatic heterocycles. The van der Waals surface area contributed by atoms with E-state index in [2.05, 4.69) is 26.2 Å². The highest BCUT2D eigenvalue weighted by Crippen LogP contribution is 2.40. The maximum absolute atomic E-state index is 13.4. The van der Waals surface area contributed by atoms with E-state index >= 15 is 0 Å². The van der Waals surface area contributed by atoms with Crippen LogP contribution >= 0.6 is 15.9 Å². The van der Waals surface area contributed by atoms with E-state index in [1.165, 1.54) is 0 Å². The van der Waals surface area contributed by atoms with Gasteiger partial charge in [-0.2, -0.15) is 0 Å². The number of hydrogen-bond donors (Lipinski definition) is 1. The average molecular weight is 513 g/mol. The smallest absolute Gasteiger partial charge is 0.310 e.